The zero-order valence-corrected chi connectivity index (χ0v) is 12.8. The molecule has 1 heterocycles. The minimum absolute atomic E-state index is 0.0783. The van der Waals surface area contributed by atoms with Crippen molar-refractivity contribution in [2.24, 2.45) is 5.41 Å². The number of nitrogens with zero attached hydrogens (tertiary/aromatic N) is 2. The van der Waals surface area contributed by atoms with Gasteiger partial charge in [-0.3, -0.25) is 4.79 Å². The van der Waals surface area contributed by atoms with Crippen molar-refractivity contribution in [3.05, 3.63) is 35.4 Å². The Labute approximate surface area is 121 Å². The van der Waals surface area contributed by atoms with Gasteiger partial charge in [0.2, 0.25) is 0 Å². The van der Waals surface area contributed by atoms with Crippen LogP contribution < -0.4 is 0 Å². The fourth-order valence-corrected chi connectivity index (χ4v) is 2.52. The van der Waals surface area contributed by atoms with E-state index in [0.29, 0.717) is 0 Å². The molecule has 1 fully saturated rings. The largest absolute Gasteiger partial charge is 0.380 e. The van der Waals surface area contributed by atoms with Gasteiger partial charge in [0.05, 0.1) is 13.2 Å². The van der Waals surface area contributed by atoms with Crippen LogP contribution in [0.5, 0.6) is 0 Å². The number of rotatable bonds is 5. The molecular formula is C16H24N2O2. The lowest BCUT2D eigenvalue weighted by molar-refractivity contribution is -0.109. The van der Waals surface area contributed by atoms with Crippen molar-refractivity contribution in [2.45, 2.75) is 13.5 Å². The molecule has 1 aliphatic heterocycles. The Morgan fingerprint density at radius 1 is 1.20 bits per heavy atom. The van der Waals surface area contributed by atoms with Crippen molar-refractivity contribution in [2.75, 3.05) is 40.9 Å². The van der Waals surface area contributed by atoms with Gasteiger partial charge in [-0.05, 0) is 31.8 Å². The predicted molar refractivity (Wildman–Crippen MR) is 79.7 cm³/mol. The smallest absolute Gasteiger partial charge is 0.253 e. The van der Waals surface area contributed by atoms with E-state index in [-0.39, 0.29) is 11.3 Å². The molecule has 1 aromatic rings. The highest BCUT2D eigenvalue weighted by atomic mass is 16.5. The molecule has 1 aromatic carbocycles. The molecule has 1 aliphatic rings. The van der Waals surface area contributed by atoms with Crippen LogP contribution in [0.15, 0.2) is 24.3 Å². The molecule has 0 aromatic heterocycles. The third-order valence-corrected chi connectivity index (χ3v) is 3.57. The topological polar surface area (TPSA) is 32.8 Å². The summed E-state index contributed by atoms with van der Waals surface area (Å²) in [5.41, 5.74) is 2.09. The van der Waals surface area contributed by atoms with Gasteiger partial charge in [0, 0.05) is 31.1 Å². The highest BCUT2D eigenvalue weighted by Crippen LogP contribution is 2.27. The Morgan fingerprint density at radius 2 is 1.80 bits per heavy atom. The van der Waals surface area contributed by atoms with Crippen molar-refractivity contribution in [3.8, 4) is 0 Å². The first-order valence-corrected chi connectivity index (χ1v) is 6.96. The molecule has 0 unspecified atom stereocenters. The molecule has 20 heavy (non-hydrogen) atoms. The zero-order valence-electron chi connectivity index (χ0n) is 12.8. The lowest BCUT2D eigenvalue weighted by Gasteiger charge is -2.40. The highest BCUT2D eigenvalue weighted by Gasteiger charge is 2.35. The van der Waals surface area contributed by atoms with Crippen LogP contribution in [0.1, 0.15) is 22.8 Å². The average molecular weight is 276 g/mol. The first-order chi connectivity index (χ1) is 9.39. The second-order valence-electron chi connectivity index (χ2n) is 6.40. The van der Waals surface area contributed by atoms with Gasteiger partial charge >= 0.3 is 0 Å². The van der Waals surface area contributed by atoms with E-state index in [1.54, 1.807) is 4.90 Å². The normalized spacial score (nSPS) is 16.9. The third-order valence-electron chi connectivity index (χ3n) is 3.57. The summed E-state index contributed by atoms with van der Waals surface area (Å²) in [6.07, 6.45) is 0. The number of carbonyl (C=O) groups is 1. The summed E-state index contributed by atoms with van der Waals surface area (Å²) in [5, 5.41) is 0. The first-order valence-electron chi connectivity index (χ1n) is 6.96. The molecule has 4 nitrogen and oxygen atoms in total. The molecule has 0 bridgehead atoms. The van der Waals surface area contributed by atoms with Gasteiger partial charge in [-0.15, -0.1) is 0 Å². The number of hydrogen-bond acceptors (Lipinski definition) is 3. The summed E-state index contributed by atoms with van der Waals surface area (Å²) in [4.78, 5) is 16.3. The number of benzene rings is 1. The fourth-order valence-electron chi connectivity index (χ4n) is 2.52. The number of hydrogen-bond donors (Lipinski definition) is 0. The summed E-state index contributed by atoms with van der Waals surface area (Å²) < 4.78 is 5.23. The average Bonchev–Trinajstić information content (AvgIpc) is 2.36. The molecule has 0 aliphatic carbocycles. The van der Waals surface area contributed by atoms with Crippen molar-refractivity contribution in [1.29, 1.82) is 0 Å². The number of carbonyl (C=O) groups excluding carboxylic acids is 1. The summed E-state index contributed by atoms with van der Waals surface area (Å²) in [6.45, 7) is 5.27. The minimum Gasteiger partial charge on any atom is -0.380 e. The van der Waals surface area contributed by atoms with E-state index in [4.69, 9.17) is 4.74 Å². The maximum atomic E-state index is 12.4. The number of amides is 1. The van der Waals surface area contributed by atoms with Crippen LogP contribution in [0.2, 0.25) is 0 Å². The van der Waals surface area contributed by atoms with Crippen LogP contribution in [0.3, 0.4) is 0 Å². The quantitative estimate of drug-likeness (QED) is 0.823. The fraction of sp³-hybridized carbons (Fsp3) is 0.562. The molecule has 110 valence electrons. The van der Waals surface area contributed by atoms with Crippen LogP contribution in [0.25, 0.3) is 0 Å². The van der Waals surface area contributed by atoms with E-state index in [1.165, 1.54) is 5.56 Å². The molecule has 1 saturated heterocycles. The molecule has 2 rings (SSSR count). The number of ether oxygens (including phenoxy) is 1. The van der Waals surface area contributed by atoms with E-state index in [9.17, 15) is 4.79 Å². The third kappa shape index (κ3) is 3.58. The Kier molecular flexibility index (Phi) is 4.45. The predicted octanol–water partition coefficient (Wildman–Crippen LogP) is 1.86. The van der Waals surface area contributed by atoms with E-state index in [2.05, 4.69) is 11.8 Å². The van der Waals surface area contributed by atoms with E-state index < -0.39 is 0 Å². The summed E-state index contributed by atoms with van der Waals surface area (Å²) in [6, 6.07) is 7.87. The lowest BCUT2D eigenvalue weighted by atomic mass is 9.88. The lowest BCUT2D eigenvalue weighted by Crippen LogP contribution is -2.49. The van der Waals surface area contributed by atoms with Crippen molar-refractivity contribution in [1.82, 2.24) is 9.80 Å². The van der Waals surface area contributed by atoms with Gasteiger partial charge < -0.3 is 14.5 Å². The molecule has 0 atom stereocenters. The molecule has 1 amide bonds. The second-order valence-corrected chi connectivity index (χ2v) is 6.40. The van der Waals surface area contributed by atoms with Gasteiger partial charge in [0.25, 0.3) is 5.91 Å². The van der Waals surface area contributed by atoms with Crippen molar-refractivity contribution < 1.29 is 9.53 Å². The standard InChI is InChI=1S/C16H24N2O2/c1-16(11-20-12-16)10-18(4)15(19)14-7-5-13(6-8-14)9-17(2)3/h5-8H,9-12H2,1-4H3. The molecule has 0 saturated carbocycles. The van der Waals surface area contributed by atoms with Gasteiger partial charge in [-0.1, -0.05) is 19.1 Å². The molecule has 0 spiro atoms. The maximum Gasteiger partial charge on any atom is 0.253 e. The van der Waals surface area contributed by atoms with Crippen LogP contribution in [-0.4, -0.2) is 56.6 Å². The summed E-state index contributed by atoms with van der Waals surface area (Å²) in [5.74, 6) is 0.0783. The van der Waals surface area contributed by atoms with Crippen LogP contribution in [0.4, 0.5) is 0 Å². The van der Waals surface area contributed by atoms with Crippen LogP contribution >= 0.6 is 0 Å². The second kappa shape index (κ2) is 5.94. The van der Waals surface area contributed by atoms with Crippen LogP contribution in [0, 0.1) is 5.41 Å². The summed E-state index contributed by atoms with van der Waals surface area (Å²) >= 11 is 0. The highest BCUT2D eigenvalue weighted by molar-refractivity contribution is 5.94. The first kappa shape index (κ1) is 15.0. The van der Waals surface area contributed by atoms with E-state index in [1.807, 2.05) is 45.4 Å². The van der Waals surface area contributed by atoms with Crippen LogP contribution in [-0.2, 0) is 11.3 Å². The molecule has 4 heteroatoms. The zero-order chi connectivity index (χ0) is 14.8. The van der Waals surface area contributed by atoms with Gasteiger partial charge in [0.15, 0.2) is 0 Å². The monoisotopic (exact) mass is 276 g/mol. The van der Waals surface area contributed by atoms with Gasteiger partial charge in [-0.2, -0.15) is 0 Å². The Hall–Kier alpha value is -1.39. The minimum atomic E-state index is 0.0783. The molecular weight excluding hydrogens is 252 g/mol. The van der Waals surface area contributed by atoms with Gasteiger partial charge in [-0.25, -0.2) is 0 Å². The molecule has 0 N–H and O–H groups in total. The van der Waals surface area contributed by atoms with Gasteiger partial charge in [0.1, 0.15) is 0 Å². The van der Waals surface area contributed by atoms with E-state index in [0.717, 1.165) is 31.9 Å². The Bertz CT molecular complexity index is 464. The van der Waals surface area contributed by atoms with E-state index >= 15 is 0 Å². The summed E-state index contributed by atoms with van der Waals surface area (Å²) in [7, 11) is 5.93. The SMILES string of the molecule is CN(C)Cc1ccc(C(=O)N(C)CC2(C)COC2)cc1. The molecule has 0 radical (unpaired) electrons. The maximum absolute atomic E-state index is 12.4. The Balaban J connectivity index is 1.97. The van der Waals surface area contributed by atoms with Crippen molar-refractivity contribution >= 4 is 5.91 Å². The van der Waals surface area contributed by atoms with Crippen molar-refractivity contribution in [3.63, 3.8) is 0 Å². The Morgan fingerprint density at radius 3 is 2.25 bits per heavy atom.